The van der Waals surface area contributed by atoms with Gasteiger partial charge < -0.3 is 20.1 Å². The van der Waals surface area contributed by atoms with Gasteiger partial charge in [0.05, 0.1) is 12.6 Å². The van der Waals surface area contributed by atoms with Gasteiger partial charge in [0.2, 0.25) is 5.91 Å². The molecule has 0 aromatic rings. The van der Waals surface area contributed by atoms with Crippen LogP contribution in [-0.4, -0.2) is 52.1 Å². The number of carbonyl (C=O) groups excluding carboxylic acids is 3. The average Bonchev–Trinajstić information content (AvgIpc) is 3.07. The van der Waals surface area contributed by atoms with Crippen LogP contribution in [0.5, 0.6) is 0 Å². The zero-order valence-corrected chi connectivity index (χ0v) is 18.4. The number of hydrogen-bond acceptors (Lipinski definition) is 5. The Labute approximate surface area is 182 Å². The molecule has 0 aliphatic carbocycles. The summed E-state index contributed by atoms with van der Waals surface area (Å²) in [5.74, 6) is -1.99. The first-order valence-corrected chi connectivity index (χ1v) is 8.51. The summed E-state index contributed by atoms with van der Waals surface area (Å²) in [4.78, 5) is 37.2. The van der Waals surface area contributed by atoms with Gasteiger partial charge in [-0.3, -0.25) is 14.8 Å². The second-order valence-electron chi connectivity index (χ2n) is 6.09. The average molecular weight is 483 g/mol. The van der Waals surface area contributed by atoms with Crippen molar-refractivity contribution in [2.24, 2.45) is 5.92 Å². The van der Waals surface area contributed by atoms with Gasteiger partial charge in [-0.15, -0.1) is 0 Å². The van der Waals surface area contributed by atoms with Crippen molar-refractivity contribution in [1.29, 1.82) is 0 Å². The van der Waals surface area contributed by atoms with E-state index in [0.29, 0.717) is 13.0 Å². The van der Waals surface area contributed by atoms with E-state index in [4.69, 9.17) is 5.21 Å². The third-order valence-electron chi connectivity index (χ3n) is 4.29. The molecule has 1 aliphatic rings. The van der Waals surface area contributed by atoms with Crippen LogP contribution in [0.25, 0.3) is 0 Å². The predicted molar refractivity (Wildman–Crippen MR) is 86.4 cm³/mol. The third-order valence-corrected chi connectivity index (χ3v) is 4.29. The summed E-state index contributed by atoms with van der Waals surface area (Å²) in [7, 11) is 0. The fourth-order valence-corrected chi connectivity index (χ4v) is 2.89. The van der Waals surface area contributed by atoms with Gasteiger partial charge in [-0.05, 0) is 19.3 Å². The zero-order chi connectivity index (χ0) is 17.9. The molecule has 8 nitrogen and oxygen atoms in total. The van der Waals surface area contributed by atoms with Gasteiger partial charge in [0.25, 0.3) is 0 Å². The van der Waals surface area contributed by atoms with Crippen molar-refractivity contribution in [3.8, 4) is 0 Å². The predicted octanol–water partition coefficient (Wildman–Crippen LogP) is 0.340. The molecule has 0 saturated carbocycles. The first kappa shape index (κ1) is 24.6. The number of unbranched alkanes of at least 4 members (excludes halogenated alkanes) is 2. The number of aliphatic hydroxyl groups excluding tert-OH is 1. The van der Waals surface area contributed by atoms with Gasteiger partial charge in [-0.2, -0.15) is 0 Å². The number of aliphatic hydroxyl groups is 1. The summed E-state index contributed by atoms with van der Waals surface area (Å²) in [6.07, 6.45) is 4.69. The van der Waals surface area contributed by atoms with Gasteiger partial charge in [-0.1, -0.05) is 26.2 Å². The Morgan fingerprint density at radius 2 is 2.04 bits per heavy atom. The largest absolute Gasteiger partial charge is 0.481 e. The molecule has 0 aromatic heterocycles. The van der Waals surface area contributed by atoms with Crippen LogP contribution in [0.1, 0.15) is 51.9 Å². The van der Waals surface area contributed by atoms with Crippen LogP contribution in [0.4, 0.5) is 0 Å². The molecule has 2 atom stereocenters. The second kappa shape index (κ2) is 13.7. The second-order valence-corrected chi connectivity index (χ2v) is 6.09. The monoisotopic (exact) mass is 483 g/mol. The summed E-state index contributed by atoms with van der Waals surface area (Å²) in [5, 5.41) is 20.3. The Balaban J connectivity index is 0.00000576. The number of hydrogen-bond donors (Lipinski definition) is 4. The molecule has 25 heavy (non-hydrogen) atoms. The summed E-state index contributed by atoms with van der Waals surface area (Å²) in [6.45, 7) is 3.60. The van der Waals surface area contributed by atoms with E-state index in [-0.39, 0.29) is 66.3 Å². The minimum absolute atomic E-state index is 0. The number of likely N-dealkylation sites (tertiary alicyclic amines) is 1. The minimum Gasteiger partial charge on any atom is -0.481 e. The van der Waals surface area contributed by atoms with Crippen LogP contribution in [-0.2, 0) is 14.4 Å². The number of carbonyl (C=O) groups is 3. The van der Waals surface area contributed by atoms with E-state index >= 15 is 0 Å². The Morgan fingerprint density at radius 1 is 1.32 bits per heavy atom. The Bertz CT molecular complexity index is 436. The molecule has 0 unspecified atom stereocenters. The fourth-order valence-electron chi connectivity index (χ4n) is 2.89. The van der Waals surface area contributed by atoms with E-state index in [1.54, 1.807) is 0 Å². The van der Waals surface area contributed by atoms with Crippen molar-refractivity contribution in [3.63, 3.8) is 0 Å². The van der Waals surface area contributed by atoms with Crippen molar-refractivity contribution in [3.05, 3.63) is 6.54 Å². The normalized spacial score (nSPS) is 17.4. The summed E-state index contributed by atoms with van der Waals surface area (Å²) in [6, 6.07) is -0.203. The zero-order valence-electron chi connectivity index (χ0n) is 14.7. The van der Waals surface area contributed by atoms with Crippen LogP contribution in [0.15, 0.2) is 0 Å². The molecule has 1 fully saturated rings. The Hall–Kier alpha value is -0.436. The maximum atomic E-state index is 12.2. The molecule has 4 N–H and O–H groups in total. The molecule has 3 amide bonds. The van der Waals surface area contributed by atoms with E-state index in [1.165, 1.54) is 10.4 Å². The summed E-state index contributed by atoms with van der Waals surface area (Å²) in [5.41, 5.74) is 1.53. The molecule has 1 rings (SSSR count). The van der Waals surface area contributed by atoms with E-state index in [0.717, 1.165) is 38.6 Å². The molecular formula is C16H28N3O5Pr-. The van der Waals surface area contributed by atoms with Crippen molar-refractivity contribution >= 4 is 17.7 Å². The smallest absolute Gasteiger partial charge is 0.244 e. The molecule has 0 bridgehead atoms. The molecule has 0 aromatic carbocycles. The molecule has 1 heterocycles. The van der Waals surface area contributed by atoms with Crippen LogP contribution in [0.2, 0.25) is 0 Å². The maximum absolute atomic E-state index is 12.2. The number of hydroxylamine groups is 1. The SMILES string of the molecule is CCCCC[C@H](CC(=O)NO)C(=O)N[CH-]C(=O)N1CCC[C@H]1CO.[Pr]. The first-order valence-electron chi connectivity index (χ1n) is 8.51. The summed E-state index contributed by atoms with van der Waals surface area (Å²) >= 11 is 0. The number of nitrogens with zero attached hydrogens (tertiary/aromatic N) is 1. The molecule has 1 aliphatic heterocycles. The van der Waals surface area contributed by atoms with Gasteiger partial charge in [-0.25, -0.2) is 12.0 Å². The quantitative estimate of drug-likeness (QED) is 0.155. The summed E-state index contributed by atoms with van der Waals surface area (Å²) < 4.78 is 0. The van der Waals surface area contributed by atoms with Crippen LogP contribution in [0, 0.1) is 53.8 Å². The Kier molecular flexibility index (Phi) is 13.5. The third kappa shape index (κ3) is 8.66. The maximum Gasteiger partial charge on any atom is 0.244 e. The van der Waals surface area contributed by atoms with Gasteiger partial charge >= 0.3 is 0 Å². The molecule has 0 spiro atoms. The van der Waals surface area contributed by atoms with Gasteiger partial charge in [0.1, 0.15) is 5.91 Å². The van der Waals surface area contributed by atoms with Gasteiger partial charge in [0, 0.05) is 60.2 Å². The van der Waals surface area contributed by atoms with E-state index in [2.05, 4.69) is 5.32 Å². The van der Waals surface area contributed by atoms with Crippen LogP contribution in [0.3, 0.4) is 0 Å². The molecule has 1 radical (unpaired) electrons. The van der Waals surface area contributed by atoms with Crippen molar-refractivity contribution in [1.82, 2.24) is 15.7 Å². The Morgan fingerprint density at radius 3 is 2.64 bits per heavy atom. The minimum atomic E-state index is -0.627. The van der Waals surface area contributed by atoms with Crippen molar-refractivity contribution in [2.75, 3.05) is 13.2 Å². The number of rotatable bonds is 10. The number of nitrogens with one attached hydrogen (secondary N) is 2. The van der Waals surface area contributed by atoms with Crippen molar-refractivity contribution in [2.45, 2.75) is 57.9 Å². The van der Waals surface area contributed by atoms with Crippen LogP contribution >= 0.6 is 0 Å². The van der Waals surface area contributed by atoms with E-state index in [9.17, 15) is 19.5 Å². The fraction of sp³-hybridized carbons (Fsp3) is 0.750. The molecule has 141 valence electrons. The standard InChI is InChI=1S/C16H28N3O5.Pr/c1-2-3-4-6-12(9-14(21)18-24)16(23)17-10-15(22)19-8-5-7-13(19)11-20;/h10,12-13,20,24H,2-9,11H2,1H3,(H,17,23)(H,18,21);/q-1;/t12-,13+;/m1./s1. The van der Waals surface area contributed by atoms with Crippen molar-refractivity contribution < 1.29 is 66.0 Å². The molecule has 9 heteroatoms. The topological polar surface area (TPSA) is 119 Å². The number of amides is 3. The van der Waals surface area contributed by atoms with E-state index < -0.39 is 17.7 Å². The van der Waals surface area contributed by atoms with Gasteiger partial charge in [0.15, 0.2) is 5.91 Å². The first-order chi connectivity index (χ1) is 11.5. The van der Waals surface area contributed by atoms with E-state index in [1.807, 2.05) is 6.92 Å². The molecule has 1 saturated heterocycles. The van der Waals surface area contributed by atoms with Crippen LogP contribution < -0.4 is 10.8 Å². The molecular weight excluding hydrogens is 455 g/mol.